The minimum absolute atomic E-state index is 0.646. The van der Waals surface area contributed by atoms with E-state index in [1.54, 1.807) is 11.7 Å². The molecule has 5 nitrogen and oxygen atoms in total. The van der Waals surface area contributed by atoms with Crippen molar-refractivity contribution < 1.29 is 0 Å². The number of benzene rings is 1. The molecular weight excluding hydrogens is 222 g/mol. The lowest BCUT2D eigenvalue weighted by Gasteiger charge is -2.02. The molecule has 0 saturated heterocycles. The summed E-state index contributed by atoms with van der Waals surface area (Å²) in [6, 6.07) is 7.90. The van der Waals surface area contributed by atoms with Crippen molar-refractivity contribution in [3.63, 3.8) is 0 Å². The highest BCUT2D eigenvalue weighted by Crippen LogP contribution is 2.28. The fourth-order valence-electron chi connectivity index (χ4n) is 1.23. The molecular formula is C10H9N5S. The molecule has 1 aromatic heterocycles. The number of tetrazole rings is 1. The predicted octanol–water partition coefficient (Wildman–Crippen LogP) is 1.54. The molecule has 2 rings (SSSR count). The average molecular weight is 231 g/mol. The van der Waals surface area contributed by atoms with Gasteiger partial charge in [-0.05, 0) is 46.8 Å². The highest BCUT2D eigenvalue weighted by Gasteiger charge is 2.08. The smallest absolute Gasteiger partial charge is 0.213 e. The van der Waals surface area contributed by atoms with Gasteiger partial charge in [-0.2, -0.15) is 5.26 Å². The first-order valence-electron chi connectivity index (χ1n) is 4.61. The zero-order valence-electron chi connectivity index (χ0n) is 8.88. The fraction of sp³-hybridized carbons (Fsp3) is 0.200. The molecule has 80 valence electrons. The van der Waals surface area contributed by atoms with Gasteiger partial charge >= 0.3 is 0 Å². The SMILES string of the molecule is Cc1ccc(Sc2nnnn2C)c(C#N)c1. The van der Waals surface area contributed by atoms with Crippen LogP contribution in [0.15, 0.2) is 28.3 Å². The molecule has 1 aromatic carbocycles. The molecule has 0 radical (unpaired) electrons. The summed E-state index contributed by atoms with van der Waals surface area (Å²) in [5.41, 5.74) is 1.71. The molecule has 0 amide bonds. The highest BCUT2D eigenvalue weighted by molar-refractivity contribution is 7.99. The van der Waals surface area contributed by atoms with Crippen molar-refractivity contribution in [3.05, 3.63) is 29.3 Å². The summed E-state index contributed by atoms with van der Waals surface area (Å²) in [7, 11) is 1.77. The van der Waals surface area contributed by atoms with Gasteiger partial charge < -0.3 is 0 Å². The highest BCUT2D eigenvalue weighted by atomic mass is 32.2. The maximum absolute atomic E-state index is 9.02. The van der Waals surface area contributed by atoms with E-state index < -0.39 is 0 Å². The Labute approximate surface area is 97.1 Å². The second-order valence-electron chi connectivity index (χ2n) is 3.30. The number of aryl methyl sites for hydroxylation is 2. The van der Waals surface area contributed by atoms with Crippen LogP contribution in [0.5, 0.6) is 0 Å². The summed E-state index contributed by atoms with van der Waals surface area (Å²) in [5, 5.41) is 20.8. The van der Waals surface area contributed by atoms with Gasteiger partial charge in [0.05, 0.1) is 5.56 Å². The zero-order chi connectivity index (χ0) is 11.5. The Balaban J connectivity index is 2.36. The van der Waals surface area contributed by atoms with Crippen LogP contribution in [0.2, 0.25) is 0 Å². The third-order valence-electron chi connectivity index (χ3n) is 2.04. The normalized spacial score (nSPS) is 10.1. The maximum Gasteiger partial charge on any atom is 0.213 e. The van der Waals surface area contributed by atoms with Crippen molar-refractivity contribution in [1.29, 1.82) is 5.26 Å². The Hall–Kier alpha value is -1.87. The van der Waals surface area contributed by atoms with E-state index >= 15 is 0 Å². The molecule has 1 heterocycles. The first-order chi connectivity index (χ1) is 7.70. The van der Waals surface area contributed by atoms with Gasteiger partial charge in [0.25, 0.3) is 0 Å². The third-order valence-corrected chi connectivity index (χ3v) is 3.14. The van der Waals surface area contributed by atoms with Crippen molar-refractivity contribution in [2.24, 2.45) is 7.05 Å². The van der Waals surface area contributed by atoms with Gasteiger partial charge in [0, 0.05) is 11.9 Å². The van der Waals surface area contributed by atoms with E-state index in [1.165, 1.54) is 11.8 Å². The van der Waals surface area contributed by atoms with E-state index in [4.69, 9.17) is 5.26 Å². The van der Waals surface area contributed by atoms with Crippen molar-refractivity contribution in [2.75, 3.05) is 0 Å². The van der Waals surface area contributed by atoms with Gasteiger partial charge in [-0.25, -0.2) is 4.68 Å². The van der Waals surface area contributed by atoms with E-state index in [2.05, 4.69) is 21.6 Å². The molecule has 0 atom stereocenters. The molecule has 0 unspecified atom stereocenters. The topological polar surface area (TPSA) is 67.4 Å². The Morgan fingerprint density at radius 2 is 2.25 bits per heavy atom. The van der Waals surface area contributed by atoms with Crippen molar-refractivity contribution in [3.8, 4) is 6.07 Å². The number of hydrogen-bond acceptors (Lipinski definition) is 5. The Bertz CT molecular complexity index is 555. The van der Waals surface area contributed by atoms with Gasteiger partial charge in [-0.1, -0.05) is 6.07 Å². The van der Waals surface area contributed by atoms with Crippen molar-refractivity contribution in [2.45, 2.75) is 17.0 Å². The van der Waals surface area contributed by atoms with Crippen LogP contribution in [-0.2, 0) is 7.05 Å². The first-order valence-corrected chi connectivity index (χ1v) is 5.43. The molecule has 0 aliphatic rings. The average Bonchev–Trinajstić information content (AvgIpc) is 2.67. The lowest BCUT2D eigenvalue weighted by atomic mass is 10.2. The van der Waals surface area contributed by atoms with Crippen LogP contribution in [-0.4, -0.2) is 20.2 Å². The largest absolute Gasteiger partial charge is 0.223 e. The number of aromatic nitrogens is 4. The van der Waals surface area contributed by atoms with Crippen LogP contribution in [0.4, 0.5) is 0 Å². The van der Waals surface area contributed by atoms with E-state index in [1.807, 2.05) is 25.1 Å². The molecule has 0 bridgehead atoms. The number of nitriles is 1. The lowest BCUT2D eigenvalue weighted by Crippen LogP contribution is -1.93. The molecule has 6 heteroatoms. The number of nitrogens with zero attached hydrogens (tertiary/aromatic N) is 5. The standard InChI is InChI=1S/C10H9N5S/c1-7-3-4-9(8(5-7)6-11)16-10-12-13-14-15(10)2/h3-5H,1-2H3. The van der Waals surface area contributed by atoms with E-state index in [0.717, 1.165) is 10.5 Å². The fourth-order valence-corrected chi connectivity index (χ4v) is 2.02. The van der Waals surface area contributed by atoms with Crippen LogP contribution in [0, 0.1) is 18.3 Å². The predicted molar refractivity (Wildman–Crippen MR) is 58.8 cm³/mol. The Morgan fingerprint density at radius 1 is 1.44 bits per heavy atom. The van der Waals surface area contributed by atoms with Crippen LogP contribution >= 0.6 is 11.8 Å². The van der Waals surface area contributed by atoms with Gasteiger partial charge in [-0.15, -0.1) is 5.10 Å². The minimum Gasteiger partial charge on any atom is -0.223 e. The Morgan fingerprint density at radius 3 is 2.88 bits per heavy atom. The van der Waals surface area contributed by atoms with E-state index in [0.29, 0.717) is 10.7 Å². The summed E-state index contributed by atoms with van der Waals surface area (Å²) in [4.78, 5) is 0.867. The molecule has 0 aliphatic heterocycles. The van der Waals surface area contributed by atoms with Gasteiger partial charge in [0.1, 0.15) is 6.07 Å². The van der Waals surface area contributed by atoms with Gasteiger partial charge in [-0.3, -0.25) is 0 Å². The minimum atomic E-state index is 0.646. The Kier molecular flexibility index (Phi) is 2.88. The third kappa shape index (κ3) is 2.04. The van der Waals surface area contributed by atoms with Crippen LogP contribution < -0.4 is 0 Å². The lowest BCUT2D eigenvalue weighted by molar-refractivity contribution is 0.664. The van der Waals surface area contributed by atoms with Gasteiger partial charge in [0.15, 0.2) is 0 Å². The molecule has 0 saturated carbocycles. The van der Waals surface area contributed by atoms with Crippen LogP contribution in [0.1, 0.15) is 11.1 Å². The molecule has 0 aliphatic carbocycles. The van der Waals surface area contributed by atoms with E-state index in [9.17, 15) is 0 Å². The second-order valence-corrected chi connectivity index (χ2v) is 4.31. The molecule has 2 aromatic rings. The van der Waals surface area contributed by atoms with Crippen molar-refractivity contribution in [1.82, 2.24) is 20.2 Å². The molecule has 0 spiro atoms. The van der Waals surface area contributed by atoms with Crippen LogP contribution in [0.25, 0.3) is 0 Å². The maximum atomic E-state index is 9.02. The first kappa shape index (κ1) is 10.6. The molecule has 0 fully saturated rings. The number of hydrogen-bond donors (Lipinski definition) is 0. The second kappa shape index (κ2) is 4.33. The number of rotatable bonds is 2. The zero-order valence-corrected chi connectivity index (χ0v) is 9.69. The summed E-state index contributed by atoms with van der Waals surface area (Å²) in [6.45, 7) is 1.96. The quantitative estimate of drug-likeness (QED) is 0.784. The molecule has 16 heavy (non-hydrogen) atoms. The monoisotopic (exact) mass is 231 g/mol. The summed E-state index contributed by atoms with van der Waals surface area (Å²) >= 11 is 1.39. The van der Waals surface area contributed by atoms with Crippen molar-refractivity contribution >= 4 is 11.8 Å². The molecule has 0 N–H and O–H groups in total. The van der Waals surface area contributed by atoms with Gasteiger partial charge in [0.2, 0.25) is 5.16 Å². The van der Waals surface area contributed by atoms with Crippen LogP contribution in [0.3, 0.4) is 0 Å². The summed E-state index contributed by atoms with van der Waals surface area (Å²) in [5.74, 6) is 0. The summed E-state index contributed by atoms with van der Waals surface area (Å²) < 4.78 is 1.58. The summed E-state index contributed by atoms with van der Waals surface area (Å²) in [6.07, 6.45) is 0. The van der Waals surface area contributed by atoms with E-state index in [-0.39, 0.29) is 0 Å².